The lowest BCUT2D eigenvalue weighted by molar-refractivity contribution is 0.0994. The van der Waals surface area contributed by atoms with Gasteiger partial charge in [0, 0.05) is 37.9 Å². The van der Waals surface area contributed by atoms with E-state index in [1.807, 2.05) is 0 Å². The minimum atomic E-state index is 0.332. The summed E-state index contributed by atoms with van der Waals surface area (Å²) in [4.78, 5) is 5.60. The van der Waals surface area contributed by atoms with Crippen molar-refractivity contribution in [1.82, 2.24) is 4.98 Å². The molecule has 1 aliphatic heterocycles. The van der Waals surface area contributed by atoms with Gasteiger partial charge >= 0.3 is 0 Å². The first-order valence-corrected chi connectivity index (χ1v) is 9.11. The van der Waals surface area contributed by atoms with E-state index in [1.54, 1.807) is 0 Å². The predicted octanol–water partition coefficient (Wildman–Crippen LogP) is 5.21. The number of nitrogens with zero attached hydrogens (tertiary/aromatic N) is 1. The molecule has 0 bridgehead atoms. The molecule has 0 radical (unpaired) electrons. The molecule has 0 saturated heterocycles. The van der Waals surface area contributed by atoms with Gasteiger partial charge in [-0.05, 0) is 35.1 Å². The zero-order valence-electron chi connectivity index (χ0n) is 16.1. The van der Waals surface area contributed by atoms with Gasteiger partial charge in [-0.1, -0.05) is 51.1 Å². The number of aromatic nitrogens is 1. The largest absolute Gasteiger partial charge is 0.380 e. The number of hydrogen-bond donors (Lipinski definition) is 1. The number of aromatic amines is 1. The Kier molecular flexibility index (Phi) is 5.05. The second-order valence-electron chi connectivity index (χ2n) is 8.35. The Labute approximate surface area is 151 Å². The molecule has 0 aromatic carbocycles. The molecule has 1 unspecified atom stereocenters. The first kappa shape index (κ1) is 17.8. The van der Waals surface area contributed by atoms with Gasteiger partial charge in [0.15, 0.2) is 0 Å². The maximum Gasteiger partial charge on any atom is 0.106 e. The number of anilines is 1. The Hall–Kier alpha value is -2.00. The molecule has 25 heavy (non-hydrogen) atoms. The van der Waals surface area contributed by atoms with Gasteiger partial charge in [-0.25, -0.2) is 0 Å². The number of H-pyrrole nitrogens is 1. The van der Waals surface area contributed by atoms with E-state index in [9.17, 15) is 0 Å². The highest BCUT2D eigenvalue weighted by molar-refractivity contribution is 5.88. The maximum absolute atomic E-state index is 5.90. The van der Waals surface area contributed by atoms with Crippen LogP contribution in [0.1, 0.15) is 32.8 Å². The third-order valence-electron chi connectivity index (χ3n) is 4.67. The fourth-order valence-corrected chi connectivity index (χ4v) is 3.08. The molecule has 0 spiro atoms. The van der Waals surface area contributed by atoms with Crippen LogP contribution in [-0.4, -0.2) is 32.3 Å². The van der Waals surface area contributed by atoms with E-state index in [-0.39, 0.29) is 0 Å². The van der Waals surface area contributed by atoms with Crippen LogP contribution in [0, 0.1) is 11.3 Å². The lowest BCUT2D eigenvalue weighted by Gasteiger charge is -2.18. The quantitative estimate of drug-likeness (QED) is 0.733. The zero-order chi connectivity index (χ0) is 18.0. The number of rotatable bonds is 6. The van der Waals surface area contributed by atoms with Crippen LogP contribution >= 0.6 is 0 Å². The molecule has 0 aromatic heterocycles. The number of nitrogens with one attached hydrogen (secondary N) is 1. The molecule has 0 amide bonds. The van der Waals surface area contributed by atoms with Crippen molar-refractivity contribution in [3.63, 3.8) is 0 Å². The number of ether oxygens (including phenoxy) is 1. The average Bonchev–Trinajstić information content (AvgIpc) is 3.18. The Morgan fingerprint density at radius 2 is 1.96 bits per heavy atom. The third kappa shape index (κ3) is 4.35. The Morgan fingerprint density at radius 3 is 2.68 bits per heavy atom. The van der Waals surface area contributed by atoms with Crippen molar-refractivity contribution in [2.45, 2.75) is 27.2 Å². The van der Waals surface area contributed by atoms with Crippen LogP contribution in [0.2, 0.25) is 0 Å². The van der Waals surface area contributed by atoms with Gasteiger partial charge in [-0.15, -0.1) is 0 Å². The number of hydrogen-bond acceptors (Lipinski definition) is 2. The van der Waals surface area contributed by atoms with Crippen LogP contribution in [0.5, 0.6) is 0 Å². The summed E-state index contributed by atoms with van der Waals surface area (Å²) in [5, 5.41) is 0. The molecule has 3 rings (SSSR count). The predicted molar refractivity (Wildman–Crippen MR) is 107 cm³/mol. The van der Waals surface area contributed by atoms with E-state index < -0.39 is 0 Å². The molecule has 3 aliphatic rings. The van der Waals surface area contributed by atoms with Crippen molar-refractivity contribution < 1.29 is 4.74 Å². The van der Waals surface area contributed by atoms with Gasteiger partial charge < -0.3 is 14.6 Å². The fraction of sp³-hybridized carbons (Fsp3) is 0.455. The molecule has 1 heterocycles. The van der Waals surface area contributed by atoms with Gasteiger partial charge in [-0.2, -0.15) is 0 Å². The Bertz CT molecular complexity index is 746. The summed E-state index contributed by atoms with van der Waals surface area (Å²) in [5.74, 6) is 1.49. The van der Waals surface area contributed by atoms with Gasteiger partial charge in [-0.3, -0.25) is 0 Å². The Balaban J connectivity index is 1.72. The van der Waals surface area contributed by atoms with Gasteiger partial charge in [0.05, 0.1) is 6.61 Å². The Morgan fingerprint density at radius 1 is 1.16 bits per heavy atom. The maximum atomic E-state index is 5.90. The van der Waals surface area contributed by atoms with Crippen LogP contribution in [-0.2, 0) is 4.74 Å². The van der Waals surface area contributed by atoms with E-state index in [2.05, 4.69) is 87.2 Å². The van der Waals surface area contributed by atoms with Crippen LogP contribution in [0.25, 0.3) is 16.8 Å². The summed E-state index contributed by atoms with van der Waals surface area (Å²) in [6, 6.07) is 8.67. The van der Waals surface area contributed by atoms with Gasteiger partial charge in [0.1, 0.15) is 5.82 Å². The molecule has 1 atom stereocenters. The second kappa shape index (κ2) is 7.09. The summed E-state index contributed by atoms with van der Waals surface area (Å²) in [7, 11) is 4.13. The number of pyridine rings is 1. The molecule has 0 saturated carbocycles. The standard InChI is InChI=1S/C22H30N2O/c1-22(2,3)11-12-25-15-16-9-10-17(13-16)19-14-21(24(4)5)23-20-8-6-7-18(19)20/h6-10,13-14,16,23H,11-12,15H2,1-5H3. The summed E-state index contributed by atoms with van der Waals surface area (Å²) in [5.41, 5.74) is 5.36. The van der Waals surface area contributed by atoms with Crippen LogP contribution in [0.3, 0.4) is 0 Å². The smallest absolute Gasteiger partial charge is 0.106 e. The SMILES string of the molecule is CN(C)c1cc(C2=CC(COCCC(C)(C)C)C=C2)c2cccc-2[nH]1. The molecule has 1 N–H and O–H groups in total. The normalized spacial score (nSPS) is 17.3. The topological polar surface area (TPSA) is 28.3 Å². The van der Waals surface area contributed by atoms with Gasteiger partial charge in [0.2, 0.25) is 0 Å². The molecule has 2 aliphatic carbocycles. The molecule has 134 valence electrons. The van der Waals surface area contributed by atoms with E-state index in [0.717, 1.165) is 25.5 Å². The van der Waals surface area contributed by atoms with Crippen molar-refractivity contribution in [2.75, 3.05) is 32.2 Å². The summed E-state index contributed by atoms with van der Waals surface area (Å²) >= 11 is 0. The highest BCUT2D eigenvalue weighted by Gasteiger charge is 2.18. The van der Waals surface area contributed by atoms with E-state index >= 15 is 0 Å². The average molecular weight is 338 g/mol. The van der Waals surface area contributed by atoms with Crippen LogP contribution in [0.4, 0.5) is 5.82 Å². The fourth-order valence-electron chi connectivity index (χ4n) is 3.08. The summed E-state index contributed by atoms with van der Waals surface area (Å²) in [6.45, 7) is 8.35. The molecule has 3 nitrogen and oxygen atoms in total. The molecule has 3 heteroatoms. The van der Waals surface area contributed by atoms with E-state index in [1.165, 1.54) is 22.4 Å². The number of allylic oxidation sites excluding steroid dienone is 2. The monoisotopic (exact) mass is 338 g/mol. The van der Waals surface area contributed by atoms with Gasteiger partial charge in [0.25, 0.3) is 0 Å². The van der Waals surface area contributed by atoms with Crippen molar-refractivity contribution in [3.8, 4) is 11.3 Å². The van der Waals surface area contributed by atoms with Crippen LogP contribution < -0.4 is 4.90 Å². The first-order valence-electron chi connectivity index (χ1n) is 9.11. The van der Waals surface area contributed by atoms with Crippen molar-refractivity contribution in [1.29, 1.82) is 0 Å². The minimum absolute atomic E-state index is 0.332. The van der Waals surface area contributed by atoms with Crippen molar-refractivity contribution in [2.24, 2.45) is 11.3 Å². The van der Waals surface area contributed by atoms with E-state index in [4.69, 9.17) is 4.74 Å². The molecular weight excluding hydrogens is 308 g/mol. The zero-order valence-corrected chi connectivity index (χ0v) is 16.1. The molecule has 0 fully saturated rings. The van der Waals surface area contributed by atoms with E-state index in [0.29, 0.717) is 11.3 Å². The lowest BCUT2D eigenvalue weighted by atomic mass is 9.93. The second-order valence-corrected chi connectivity index (χ2v) is 8.35. The summed E-state index contributed by atoms with van der Waals surface area (Å²) < 4.78 is 5.90. The highest BCUT2D eigenvalue weighted by Crippen LogP contribution is 2.36. The number of fused-ring (bicyclic) bond motifs is 1. The minimum Gasteiger partial charge on any atom is -0.380 e. The molecule has 0 aromatic rings. The van der Waals surface area contributed by atoms with Crippen molar-refractivity contribution in [3.05, 3.63) is 48.1 Å². The summed E-state index contributed by atoms with van der Waals surface area (Å²) in [6.07, 6.45) is 7.92. The highest BCUT2D eigenvalue weighted by atomic mass is 16.5. The lowest BCUT2D eigenvalue weighted by Crippen LogP contribution is -2.12. The first-order chi connectivity index (χ1) is 11.8. The van der Waals surface area contributed by atoms with Crippen molar-refractivity contribution >= 4 is 11.4 Å². The third-order valence-corrected chi connectivity index (χ3v) is 4.67. The van der Waals surface area contributed by atoms with Crippen LogP contribution in [0.15, 0.2) is 42.5 Å². The molecular formula is C22H30N2O.